The number of ether oxygens (including phenoxy) is 1. The lowest BCUT2D eigenvalue weighted by Gasteiger charge is -2.30. The van der Waals surface area contributed by atoms with Crippen LogP contribution in [-0.2, 0) is 19.3 Å². The van der Waals surface area contributed by atoms with Gasteiger partial charge in [0.1, 0.15) is 5.75 Å². The van der Waals surface area contributed by atoms with Crippen molar-refractivity contribution in [3.8, 4) is 5.75 Å². The Kier molecular flexibility index (Phi) is 12.0. The lowest BCUT2D eigenvalue weighted by atomic mass is 9.97. The first-order valence-corrected chi connectivity index (χ1v) is 15.9. The summed E-state index contributed by atoms with van der Waals surface area (Å²) in [6.07, 6.45) is 7.47. The van der Waals surface area contributed by atoms with Gasteiger partial charge in [0.15, 0.2) is 0 Å². The minimum Gasteiger partial charge on any atom is -0.493 e. The second-order valence-electron chi connectivity index (χ2n) is 12.3. The molecule has 0 amide bonds. The third-order valence-electron chi connectivity index (χ3n) is 8.36. The highest BCUT2D eigenvalue weighted by molar-refractivity contribution is 5.77. The number of nitrogens with zero attached hydrogens (tertiary/aromatic N) is 1. The van der Waals surface area contributed by atoms with Crippen molar-refractivity contribution in [3.63, 3.8) is 0 Å². The van der Waals surface area contributed by atoms with Crippen LogP contribution in [0.15, 0.2) is 79.0 Å². The molecule has 43 heavy (non-hydrogen) atoms. The van der Waals surface area contributed by atoms with Crippen LogP contribution in [-0.4, -0.2) is 48.3 Å². The van der Waals surface area contributed by atoms with Crippen molar-refractivity contribution < 1.29 is 9.84 Å². The fraction of sp³-hybridized carbons (Fsp3) is 0.421. The van der Waals surface area contributed by atoms with Gasteiger partial charge >= 0.3 is 0 Å². The van der Waals surface area contributed by atoms with E-state index < -0.39 is 6.10 Å². The fourth-order valence-electron chi connectivity index (χ4n) is 5.90. The molecule has 5 heteroatoms. The Hall–Kier alpha value is -3.38. The van der Waals surface area contributed by atoms with E-state index in [2.05, 4.69) is 99.2 Å². The van der Waals surface area contributed by atoms with Gasteiger partial charge in [-0.15, -0.1) is 0 Å². The quantitative estimate of drug-likeness (QED) is 0.153. The van der Waals surface area contributed by atoms with Gasteiger partial charge in [-0.2, -0.15) is 0 Å². The van der Waals surface area contributed by atoms with Crippen molar-refractivity contribution >= 4 is 11.8 Å². The van der Waals surface area contributed by atoms with E-state index in [1.807, 2.05) is 30.4 Å². The zero-order chi connectivity index (χ0) is 30.8. The molecule has 0 fully saturated rings. The van der Waals surface area contributed by atoms with Crippen molar-refractivity contribution in [1.29, 1.82) is 0 Å². The third kappa shape index (κ3) is 9.56. The van der Waals surface area contributed by atoms with Crippen LogP contribution in [0.3, 0.4) is 0 Å². The summed E-state index contributed by atoms with van der Waals surface area (Å²) in [7, 11) is 0. The van der Waals surface area contributed by atoms with Crippen LogP contribution in [0, 0.1) is 6.92 Å². The van der Waals surface area contributed by atoms with Crippen LogP contribution < -0.4 is 15.4 Å². The van der Waals surface area contributed by atoms with Crippen LogP contribution in [0.5, 0.6) is 5.75 Å². The predicted molar refractivity (Wildman–Crippen MR) is 182 cm³/mol. The smallest absolute Gasteiger partial charge is 0.119 e. The molecule has 0 saturated heterocycles. The molecule has 230 valence electrons. The zero-order valence-corrected chi connectivity index (χ0v) is 26.8. The van der Waals surface area contributed by atoms with Crippen LogP contribution in [0.2, 0.25) is 0 Å². The van der Waals surface area contributed by atoms with Gasteiger partial charge in [-0.3, -0.25) is 4.90 Å². The summed E-state index contributed by atoms with van der Waals surface area (Å²) in [5, 5.41) is 17.5. The maximum atomic E-state index is 10.8. The molecule has 1 aliphatic rings. The van der Waals surface area contributed by atoms with E-state index in [4.69, 9.17) is 4.74 Å². The van der Waals surface area contributed by atoms with Crippen LogP contribution in [0.1, 0.15) is 73.6 Å². The number of anilines is 1. The Morgan fingerprint density at radius 3 is 2.40 bits per heavy atom. The summed E-state index contributed by atoms with van der Waals surface area (Å²) in [5.41, 5.74) is 9.21. The van der Waals surface area contributed by atoms with Gasteiger partial charge in [0, 0.05) is 42.0 Å². The Balaban J connectivity index is 1.17. The van der Waals surface area contributed by atoms with Gasteiger partial charge in [0.05, 0.1) is 12.7 Å². The highest BCUT2D eigenvalue weighted by Gasteiger charge is 2.16. The molecule has 0 radical (unpaired) electrons. The van der Waals surface area contributed by atoms with Gasteiger partial charge in [-0.05, 0) is 119 Å². The minimum atomic E-state index is -0.576. The fourth-order valence-corrected chi connectivity index (χ4v) is 5.90. The molecule has 1 heterocycles. The Bertz CT molecular complexity index is 1350. The largest absolute Gasteiger partial charge is 0.493 e. The molecular formula is C38H51N3O2. The molecule has 3 N–H and O–H groups in total. The molecule has 5 nitrogen and oxygen atoms in total. The van der Waals surface area contributed by atoms with Crippen molar-refractivity contribution in [3.05, 3.63) is 112 Å². The van der Waals surface area contributed by atoms with E-state index >= 15 is 0 Å². The molecule has 4 rings (SSSR count). The second kappa shape index (κ2) is 15.9. The SMILES string of the molecule is C=C1C=Cc2c(cccc2C(O)CNCCc2ccc(OCCc3ccc(C)c(CCCN(C(C)C)C(C)C)c3)cc2)N1. The first-order valence-electron chi connectivity index (χ1n) is 15.9. The number of aliphatic hydroxyl groups is 1. The number of hydrogen-bond acceptors (Lipinski definition) is 5. The molecule has 0 saturated carbocycles. The molecule has 3 aromatic carbocycles. The number of nitrogens with one attached hydrogen (secondary N) is 2. The molecule has 0 spiro atoms. The summed E-state index contributed by atoms with van der Waals surface area (Å²) in [6, 6.07) is 22.4. The minimum absolute atomic E-state index is 0.501. The summed E-state index contributed by atoms with van der Waals surface area (Å²) >= 11 is 0. The summed E-state index contributed by atoms with van der Waals surface area (Å²) in [4.78, 5) is 2.57. The number of fused-ring (bicyclic) bond motifs is 1. The normalized spacial score (nSPS) is 13.5. The van der Waals surface area contributed by atoms with Crippen LogP contribution >= 0.6 is 0 Å². The van der Waals surface area contributed by atoms with Crippen LogP contribution in [0.4, 0.5) is 5.69 Å². The number of allylic oxidation sites excluding steroid dienone is 1. The Morgan fingerprint density at radius 2 is 1.65 bits per heavy atom. The molecule has 0 aromatic heterocycles. The molecule has 1 aliphatic heterocycles. The van der Waals surface area contributed by atoms with E-state index in [-0.39, 0.29) is 0 Å². The van der Waals surface area contributed by atoms with Crippen molar-refractivity contribution in [2.75, 3.05) is 31.6 Å². The first kappa shape index (κ1) is 32.5. The highest BCUT2D eigenvalue weighted by atomic mass is 16.5. The molecule has 3 aromatic rings. The molecule has 0 bridgehead atoms. The Labute approximate surface area is 259 Å². The topological polar surface area (TPSA) is 56.8 Å². The van der Waals surface area contributed by atoms with Gasteiger partial charge in [-0.25, -0.2) is 0 Å². The van der Waals surface area contributed by atoms with E-state index in [1.165, 1.54) is 28.7 Å². The van der Waals surface area contributed by atoms with E-state index in [1.54, 1.807) is 0 Å². The number of benzene rings is 3. The van der Waals surface area contributed by atoms with E-state index in [0.29, 0.717) is 25.2 Å². The summed E-state index contributed by atoms with van der Waals surface area (Å²) < 4.78 is 6.09. The van der Waals surface area contributed by atoms with Gasteiger partial charge in [0.25, 0.3) is 0 Å². The van der Waals surface area contributed by atoms with Crippen LogP contribution in [0.25, 0.3) is 6.08 Å². The lowest BCUT2D eigenvalue weighted by molar-refractivity contribution is 0.173. The van der Waals surface area contributed by atoms with Crippen molar-refractivity contribution in [2.45, 2.75) is 78.5 Å². The van der Waals surface area contributed by atoms with Crippen molar-refractivity contribution in [2.24, 2.45) is 0 Å². The average Bonchev–Trinajstić information content (AvgIpc) is 2.98. The highest BCUT2D eigenvalue weighted by Crippen LogP contribution is 2.30. The molecule has 1 unspecified atom stereocenters. The summed E-state index contributed by atoms with van der Waals surface area (Å²) in [6.45, 7) is 18.4. The first-order chi connectivity index (χ1) is 20.7. The number of aliphatic hydroxyl groups excluding tert-OH is 1. The van der Waals surface area contributed by atoms with E-state index in [0.717, 1.165) is 60.6 Å². The predicted octanol–water partition coefficient (Wildman–Crippen LogP) is 7.49. The van der Waals surface area contributed by atoms with Gasteiger partial charge < -0.3 is 20.5 Å². The summed E-state index contributed by atoms with van der Waals surface area (Å²) in [5.74, 6) is 0.903. The van der Waals surface area contributed by atoms with Gasteiger partial charge in [-0.1, -0.05) is 55.1 Å². The van der Waals surface area contributed by atoms with E-state index in [9.17, 15) is 5.11 Å². The molecule has 0 aliphatic carbocycles. The number of rotatable bonds is 16. The number of aryl methyl sites for hydroxylation is 2. The monoisotopic (exact) mass is 581 g/mol. The Morgan fingerprint density at radius 1 is 0.907 bits per heavy atom. The molecule has 1 atom stereocenters. The lowest BCUT2D eigenvalue weighted by Crippen LogP contribution is -2.37. The maximum absolute atomic E-state index is 10.8. The van der Waals surface area contributed by atoms with Crippen molar-refractivity contribution in [1.82, 2.24) is 10.2 Å². The zero-order valence-electron chi connectivity index (χ0n) is 26.8. The van der Waals surface area contributed by atoms with Gasteiger partial charge in [0.2, 0.25) is 0 Å². The maximum Gasteiger partial charge on any atom is 0.119 e. The average molecular weight is 582 g/mol. The standard InChI is InChI=1S/C38H51N3O2/c1-27(2)41(28(3)4)23-8-9-33-25-32(14-12-29(33)5)21-24-43-34-17-15-31(16-18-34)20-22-39-26-38(42)36-10-7-11-37-35(36)19-13-30(6)40-37/h7,10-19,25,27-28,38-40,42H,6,8-9,20-24,26H2,1-5H3. The second-order valence-corrected chi connectivity index (χ2v) is 12.3. The molecular weight excluding hydrogens is 530 g/mol. The number of hydrogen-bond donors (Lipinski definition) is 3. The third-order valence-corrected chi connectivity index (χ3v) is 8.36.